The molecule has 106 valence electrons. The van der Waals surface area contributed by atoms with Gasteiger partial charge in [-0.3, -0.25) is 0 Å². The van der Waals surface area contributed by atoms with Crippen LogP contribution in [-0.4, -0.2) is 0 Å². The van der Waals surface area contributed by atoms with Crippen molar-refractivity contribution in [2.24, 2.45) is 5.73 Å². The summed E-state index contributed by atoms with van der Waals surface area (Å²) < 4.78 is 0. The Bertz CT molecular complexity index is 539. The van der Waals surface area contributed by atoms with Gasteiger partial charge in [-0.2, -0.15) is 0 Å². The minimum absolute atomic E-state index is 0.597. The van der Waals surface area contributed by atoms with Crippen LogP contribution in [0.1, 0.15) is 36.1 Å². The molecule has 0 amide bonds. The summed E-state index contributed by atoms with van der Waals surface area (Å²) >= 11 is 0. The largest absolute Gasteiger partial charge is 0.381 e. The van der Waals surface area contributed by atoms with E-state index in [1.54, 1.807) is 0 Å². The lowest BCUT2D eigenvalue weighted by Crippen LogP contribution is -2.06. The Labute approximate surface area is 122 Å². The third-order valence-corrected chi connectivity index (χ3v) is 3.70. The maximum atomic E-state index is 5.70. The molecular formula is C18H24N2. The van der Waals surface area contributed by atoms with E-state index < -0.39 is 0 Å². The van der Waals surface area contributed by atoms with Crippen molar-refractivity contribution < 1.29 is 0 Å². The number of nitrogens with one attached hydrogen (secondary N) is 1. The Morgan fingerprint density at radius 1 is 0.900 bits per heavy atom. The van der Waals surface area contributed by atoms with Gasteiger partial charge in [-0.15, -0.1) is 0 Å². The number of para-hydroxylation sites is 1. The SMILES string of the molecule is CCc1cccc(CC)c1NCc1cccc(CN)c1. The fourth-order valence-corrected chi connectivity index (χ4v) is 2.53. The summed E-state index contributed by atoms with van der Waals surface area (Å²) in [6.45, 7) is 5.85. The standard InChI is InChI=1S/C18H24N2/c1-3-16-9-6-10-17(4-2)18(16)20-13-15-8-5-7-14(11-15)12-19/h5-11,20H,3-4,12-13,19H2,1-2H3. The summed E-state index contributed by atoms with van der Waals surface area (Å²) in [4.78, 5) is 0. The maximum absolute atomic E-state index is 5.70. The van der Waals surface area contributed by atoms with Gasteiger partial charge in [0.15, 0.2) is 0 Å². The van der Waals surface area contributed by atoms with Crippen LogP contribution in [0.15, 0.2) is 42.5 Å². The molecule has 2 heteroatoms. The minimum atomic E-state index is 0.597. The molecule has 0 aliphatic carbocycles. The number of hydrogen-bond donors (Lipinski definition) is 2. The van der Waals surface area contributed by atoms with E-state index >= 15 is 0 Å². The van der Waals surface area contributed by atoms with E-state index in [1.807, 2.05) is 0 Å². The molecule has 0 saturated carbocycles. The van der Waals surface area contributed by atoms with Crippen molar-refractivity contribution >= 4 is 5.69 Å². The quantitative estimate of drug-likeness (QED) is 0.834. The van der Waals surface area contributed by atoms with E-state index in [0.29, 0.717) is 6.54 Å². The summed E-state index contributed by atoms with van der Waals surface area (Å²) in [5.74, 6) is 0. The second kappa shape index (κ2) is 7.11. The molecular weight excluding hydrogens is 244 g/mol. The Morgan fingerprint density at radius 3 is 2.10 bits per heavy atom. The maximum Gasteiger partial charge on any atom is 0.0407 e. The van der Waals surface area contributed by atoms with Gasteiger partial charge in [0, 0.05) is 18.8 Å². The second-order valence-corrected chi connectivity index (χ2v) is 5.04. The molecule has 20 heavy (non-hydrogen) atoms. The molecule has 0 saturated heterocycles. The van der Waals surface area contributed by atoms with E-state index in [-0.39, 0.29) is 0 Å². The van der Waals surface area contributed by atoms with Crippen molar-refractivity contribution in [1.82, 2.24) is 0 Å². The summed E-state index contributed by atoms with van der Waals surface area (Å²) in [5.41, 5.74) is 12.2. The zero-order valence-electron chi connectivity index (χ0n) is 12.4. The van der Waals surface area contributed by atoms with Crippen LogP contribution in [-0.2, 0) is 25.9 Å². The highest BCUT2D eigenvalue weighted by molar-refractivity contribution is 5.58. The van der Waals surface area contributed by atoms with Gasteiger partial charge < -0.3 is 11.1 Å². The number of anilines is 1. The van der Waals surface area contributed by atoms with Crippen LogP contribution in [0.2, 0.25) is 0 Å². The first kappa shape index (κ1) is 14.6. The zero-order valence-corrected chi connectivity index (χ0v) is 12.4. The molecule has 0 fully saturated rings. The van der Waals surface area contributed by atoms with Gasteiger partial charge in [0.2, 0.25) is 0 Å². The average molecular weight is 268 g/mol. The number of nitrogens with two attached hydrogens (primary N) is 1. The van der Waals surface area contributed by atoms with Gasteiger partial charge >= 0.3 is 0 Å². The first-order valence-corrected chi connectivity index (χ1v) is 7.41. The van der Waals surface area contributed by atoms with Gasteiger partial charge in [0.05, 0.1) is 0 Å². The second-order valence-electron chi connectivity index (χ2n) is 5.04. The monoisotopic (exact) mass is 268 g/mol. The van der Waals surface area contributed by atoms with Crippen LogP contribution >= 0.6 is 0 Å². The van der Waals surface area contributed by atoms with Crippen LogP contribution in [0.3, 0.4) is 0 Å². The summed E-state index contributed by atoms with van der Waals surface area (Å²) in [6, 6.07) is 15.0. The van der Waals surface area contributed by atoms with Crippen molar-refractivity contribution in [2.45, 2.75) is 39.8 Å². The number of rotatable bonds is 6. The summed E-state index contributed by atoms with van der Waals surface area (Å²) in [6.07, 6.45) is 2.11. The lowest BCUT2D eigenvalue weighted by atomic mass is 10.0. The van der Waals surface area contributed by atoms with Crippen molar-refractivity contribution in [3.63, 3.8) is 0 Å². The van der Waals surface area contributed by atoms with Crippen molar-refractivity contribution in [1.29, 1.82) is 0 Å². The molecule has 0 unspecified atom stereocenters. The highest BCUT2D eigenvalue weighted by Gasteiger charge is 2.05. The Hall–Kier alpha value is -1.80. The fourth-order valence-electron chi connectivity index (χ4n) is 2.53. The number of benzene rings is 2. The molecule has 0 bridgehead atoms. The number of aryl methyl sites for hydroxylation is 2. The molecule has 0 radical (unpaired) electrons. The minimum Gasteiger partial charge on any atom is -0.381 e. The fraction of sp³-hybridized carbons (Fsp3) is 0.333. The molecule has 3 N–H and O–H groups in total. The predicted octanol–water partition coefficient (Wildman–Crippen LogP) is 3.88. The van der Waals surface area contributed by atoms with E-state index in [1.165, 1.54) is 27.9 Å². The van der Waals surface area contributed by atoms with Gasteiger partial charge in [-0.25, -0.2) is 0 Å². The topological polar surface area (TPSA) is 38.0 Å². The first-order valence-electron chi connectivity index (χ1n) is 7.41. The van der Waals surface area contributed by atoms with Gasteiger partial charge in [0.1, 0.15) is 0 Å². The highest BCUT2D eigenvalue weighted by Crippen LogP contribution is 2.23. The summed E-state index contributed by atoms with van der Waals surface area (Å²) in [7, 11) is 0. The molecule has 0 aliphatic heterocycles. The number of hydrogen-bond acceptors (Lipinski definition) is 2. The van der Waals surface area contributed by atoms with Crippen LogP contribution in [0, 0.1) is 0 Å². The Morgan fingerprint density at radius 2 is 1.50 bits per heavy atom. The average Bonchev–Trinajstić information content (AvgIpc) is 2.52. The summed E-state index contributed by atoms with van der Waals surface area (Å²) in [5, 5.41) is 3.61. The Kier molecular flexibility index (Phi) is 5.19. The van der Waals surface area contributed by atoms with E-state index in [2.05, 4.69) is 61.6 Å². The van der Waals surface area contributed by atoms with E-state index in [4.69, 9.17) is 5.73 Å². The lowest BCUT2D eigenvalue weighted by molar-refractivity contribution is 1.03. The third kappa shape index (κ3) is 3.40. The van der Waals surface area contributed by atoms with Crippen LogP contribution in [0.5, 0.6) is 0 Å². The molecule has 2 rings (SSSR count). The molecule has 2 nitrogen and oxygen atoms in total. The van der Waals surface area contributed by atoms with Crippen LogP contribution in [0.4, 0.5) is 5.69 Å². The van der Waals surface area contributed by atoms with Gasteiger partial charge in [-0.05, 0) is 35.1 Å². The Balaban J connectivity index is 2.17. The first-order chi connectivity index (χ1) is 9.78. The smallest absolute Gasteiger partial charge is 0.0407 e. The highest BCUT2D eigenvalue weighted by atomic mass is 14.9. The predicted molar refractivity (Wildman–Crippen MR) is 86.9 cm³/mol. The molecule has 0 heterocycles. The lowest BCUT2D eigenvalue weighted by Gasteiger charge is -2.15. The molecule has 2 aromatic rings. The van der Waals surface area contributed by atoms with Gasteiger partial charge in [0.25, 0.3) is 0 Å². The molecule has 0 spiro atoms. The molecule has 2 aromatic carbocycles. The zero-order chi connectivity index (χ0) is 14.4. The van der Waals surface area contributed by atoms with E-state index in [9.17, 15) is 0 Å². The van der Waals surface area contributed by atoms with Crippen molar-refractivity contribution in [3.8, 4) is 0 Å². The van der Waals surface area contributed by atoms with Crippen LogP contribution < -0.4 is 11.1 Å². The normalized spacial score (nSPS) is 10.6. The van der Waals surface area contributed by atoms with Gasteiger partial charge in [-0.1, -0.05) is 56.3 Å². The van der Waals surface area contributed by atoms with Crippen LogP contribution in [0.25, 0.3) is 0 Å². The molecule has 0 aromatic heterocycles. The van der Waals surface area contributed by atoms with E-state index in [0.717, 1.165) is 19.4 Å². The van der Waals surface area contributed by atoms with Crippen molar-refractivity contribution in [3.05, 3.63) is 64.7 Å². The van der Waals surface area contributed by atoms with Crippen molar-refractivity contribution in [2.75, 3.05) is 5.32 Å². The molecule has 0 aliphatic rings. The third-order valence-electron chi connectivity index (χ3n) is 3.70. The molecule has 0 atom stereocenters.